The molecule has 2 heterocycles. The van der Waals surface area contributed by atoms with Crippen LogP contribution in [0.2, 0.25) is 0 Å². The SMILES string of the molecule is CN1CCCC[C@@H]1C(=O)ON1C(=O)CCC1=O. The molecule has 2 rings (SSSR count). The van der Waals surface area contributed by atoms with E-state index >= 15 is 0 Å². The average Bonchev–Trinajstić information content (AvgIpc) is 2.61. The van der Waals surface area contributed by atoms with Crippen molar-refractivity contribution in [1.82, 2.24) is 9.96 Å². The minimum atomic E-state index is -0.504. The van der Waals surface area contributed by atoms with E-state index in [9.17, 15) is 14.4 Å². The van der Waals surface area contributed by atoms with Crippen LogP contribution in [-0.4, -0.2) is 47.4 Å². The maximum Gasteiger partial charge on any atom is 0.350 e. The molecule has 0 spiro atoms. The molecule has 2 aliphatic rings. The summed E-state index contributed by atoms with van der Waals surface area (Å²) in [6, 6.07) is -0.343. The zero-order chi connectivity index (χ0) is 12.4. The normalized spacial score (nSPS) is 26.4. The van der Waals surface area contributed by atoms with Gasteiger partial charge in [-0.1, -0.05) is 6.42 Å². The molecular weight excluding hydrogens is 224 g/mol. The van der Waals surface area contributed by atoms with Gasteiger partial charge in [-0.2, -0.15) is 0 Å². The maximum atomic E-state index is 11.8. The number of hydrogen-bond acceptors (Lipinski definition) is 5. The number of hydroxylamine groups is 2. The lowest BCUT2D eigenvalue weighted by atomic mass is 10.0. The Hall–Kier alpha value is -1.43. The Balaban J connectivity index is 1.96. The summed E-state index contributed by atoms with van der Waals surface area (Å²) in [5.74, 6) is -1.36. The van der Waals surface area contributed by atoms with Gasteiger partial charge in [0.15, 0.2) is 0 Å². The number of likely N-dealkylation sites (tertiary alicyclic amines) is 1. The molecule has 0 saturated carbocycles. The predicted octanol–water partition coefficient (Wildman–Crippen LogP) is 0.0779. The van der Waals surface area contributed by atoms with Crippen LogP contribution in [-0.2, 0) is 19.2 Å². The third-order valence-corrected chi connectivity index (χ3v) is 3.23. The van der Waals surface area contributed by atoms with Crippen molar-refractivity contribution in [2.45, 2.75) is 38.1 Å². The molecule has 17 heavy (non-hydrogen) atoms. The first-order valence-electron chi connectivity index (χ1n) is 5.87. The lowest BCUT2D eigenvalue weighted by Gasteiger charge is -2.30. The first-order valence-corrected chi connectivity index (χ1v) is 5.87. The van der Waals surface area contributed by atoms with Crippen LogP contribution in [0.25, 0.3) is 0 Å². The van der Waals surface area contributed by atoms with Crippen molar-refractivity contribution in [3.63, 3.8) is 0 Å². The Morgan fingerprint density at radius 2 is 1.88 bits per heavy atom. The lowest BCUT2D eigenvalue weighted by molar-refractivity contribution is -0.201. The van der Waals surface area contributed by atoms with Crippen molar-refractivity contribution in [3.8, 4) is 0 Å². The van der Waals surface area contributed by atoms with E-state index in [1.165, 1.54) is 0 Å². The monoisotopic (exact) mass is 240 g/mol. The van der Waals surface area contributed by atoms with Gasteiger partial charge in [0, 0.05) is 12.8 Å². The number of imide groups is 1. The molecule has 0 aliphatic carbocycles. The highest BCUT2D eigenvalue weighted by atomic mass is 16.7. The summed E-state index contributed by atoms with van der Waals surface area (Å²) in [5.41, 5.74) is 0. The van der Waals surface area contributed by atoms with E-state index in [4.69, 9.17) is 4.84 Å². The number of amides is 2. The highest BCUT2D eigenvalue weighted by molar-refractivity contribution is 6.01. The van der Waals surface area contributed by atoms with Crippen molar-refractivity contribution in [1.29, 1.82) is 0 Å². The van der Waals surface area contributed by atoms with E-state index in [0.29, 0.717) is 11.5 Å². The Bertz CT molecular complexity index is 339. The molecule has 2 aliphatic heterocycles. The van der Waals surface area contributed by atoms with Gasteiger partial charge in [0.1, 0.15) is 6.04 Å². The molecular formula is C11H16N2O4. The van der Waals surface area contributed by atoms with Crippen LogP contribution in [0, 0.1) is 0 Å². The van der Waals surface area contributed by atoms with Gasteiger partial charge < -0.3 is 4.84 Å². The molecule has 6 heteroatoms. The first-order chi connectivity index (χ1) is 8.09. The van der Waals surface area contributed by atoms with Crippen LogP contribution in [0.1, 0.15) is 32.1 Å². The van der Waals surface area contributed by atoms with Crippen LogP contribution in [0.3, 0.4) is 0 Å². The van der Waals surface area contributed by atoms with Crippen molar-refractivity contribution in [3.05, 3.63) is 0 Å². The number of piperidine rings is 1. The first kappa shape index (κ1) is 12.0. The van der Waals surface area contributed by atoms with Crippen LogP contribution in [0.15, 0.2) is 0 Å². The number of nitrogens with zero attached hydrogens (tertiary/aromatic N) is 2. The zero-order valence-electron chi connectivity index (χ0n) is 9.85. The van der Waals surface area contributed by atoms with Crippen LogP contribution in [0.4, 0.5) is 0 Å². The molecule has 2 amide bonds. The van der Waals surface area contributed by atoms with Crippen LogP contribution < -0.4 is 0 Å². The fraction of sp³-hybridized carbons (Fsp3) is 0.727. The van der Waals surface area contributed by atoms with Crippen LogP contribution in [0.5, 0.6) is 0 Å². The average molecular weight is 240 g/mol. The largest absolute Gasteiger partial charge is 0.350 e. The second-order valence-electron chi connectivity index (χ2n) is 4.48. The third-order valence-electron chi connectivity index (χ3n) is 3.23. The summed E-state index contributed by atoms with van der Waals surface area (Å²) in [6.07, 6.45) is 3.00. The van der Waals surface area contributed by atoms with Gasteiger partial charge in [-0.25, -0.2) is 4.79 Å². The van der Waals surface area contributed by atoms with Crippen molar-refractivity contribution >= 4 is 17.8 Å². The molecule has 6 nitrogen and oxygen atoms in total. The molecule has 0 aromatic rings. The number of rotatable bonds is 2. The minimum Gasteiger partial charge on any atom is -0.329 e. The van der Waals surface area contributed by atoms with E-state index < -0.39 is 17.8 Å². The van der Waals surface area contributed by atoms with Gasteiger partial charge in [-0.15, -0.1) is 5.06 Å². The van der Waals surface area contributed by atoms with E-state index in [-0.39, 0.29) is 18.9 Å². The van der Waals surface area contributed by atoms with E-state index in [2.05, 4.69) is 0 Å². The summed E-state index contributed by atoms with van der Waals surface area (Å²) in [7, 11) is 1.85. The number of hydrogen-bond donors (Lipinski definition) is 0. The fourth-order valence-corrected chi connectivity index (χ4v) is 2.18. The summed E-state index contributed by atoms with van der Waals surface area (Å²) in [4.78, 5) is 41.2. The maximum absolute atomic E-state index is 11.8. The van der Waals surface area contributed by atoms with Gasteiger partial charge in [0.2, 0.25) is 0 Å². The van der Waals surface area contributed by atoms with Gasteiger partial charge in [0.25, 0.3) is 11.8 Å². The molecule has 0 bridgehead atoms. The molecule has 94 valence electrons. The second-order valence-corrected chi connectivity index (χ2v) is 4.48. The van der Waals surface area contributed by atoms with E-state index in [1.54, 1.807) is 0 Å². The van der Waals surface area contributed by atoms with E-state index in [0.717, 1.165) is 19.4 Å². The van der Waals surface area contributed by atoms with Crippen molar-refractivity contribution in [2.24, 2.45) is 0 Å². The Morgan fingerprint density at radius 1 is 1.24 bits per heavy atom. The van der Waals surface area contributed by atoms with E-state index in [1.807, 2.05) is 11.9 Å². The Labute approximate surface area is 99.4 Å². The minimum absolute atomic E-state index is 0.132. The Morgan fingerprint density at radius 3 is 2.47 bits per heavy atom. The number of carbonyl (C=O) groups is 3. The number of likely N-dealkylation sites (N-methyl/N-ethyl adjacent to an activating group) is 1. The van der Waals surface area contributed by atoms with Gasteiger partial charge in [0.05, 0.1) is 0 Å². The smallest absolute Gasteiger partial charge is 0.329 e. The quantitative estimate of drug-likeness (QED) is 0.639. The summed E-state index contributed by atoms with van der Waals surface area (Å²) >= 11 is 0. The highest BCUT2D eigenvalue weighted by Crippen LogP contribution is 2.18. The zero-order valence-corrected chi connectivity index (χ0v) is 9.85. The molecule has 0 aromatic heterocycles. The molecule has 0 N–H and O–H groups in total. The van der Waals surface area contributed by atoms with Crippen molar-refractivity contribution in [2.75, 3.05) is 13.6 Å². The summed E-state index contributed by atoms with van der Waals surface area (Å²) < 4.78 is 0. The van der Waals surface area contributed by atoms with Crippen molar-refractivity contribution < 1.29 is 19.2 Å². The Kier molecular flexibility index (Phi) is 3.42. The topological polar surface area (TPSA) is 66.9 Å². The summed E-state index contributed by atoms with van der Waals surface area (Å²) in [5, 5.41) is 0.616. The van der Waals surface area contributed by atoms with Gasteiger partial charge in [-0.05, 0) is 26.4 Å². The van der Waals surface area contributed by atoms with Crippen LogP contribution >= 0.6 is 0 Å². The summed E-state index contributed by atoms with van der Waals surface area (Å²) in [6.45, 7) is 0.835. The predicted molar refractivity (Wildman–Crippen MR) is 57.4 cm³/mol. The molecule has 0 unspecified atom stereocenters. The second kappa shape index (κ2) is 4.83. The standard InChI is InChI=1S/C11H16N2O4/c1-12-7-3-2-4-8(12)11(16)17-13-9(14)5-6-10(13)15/h8H,2-7H2,1H3/t8-/m1/s1. The highest BCUT2D eigenvalue weighted by Gasteiger charge is 2.36. The molecule has 0 aromatic carbocycles. The fourth-order valence-electron chi connectivity index (χ4n) is 2.18. The van der Waals surface area contributed by atoms with Gasteiger partial charge in [-0.3, -0.25) is 14.5 Å². The molecule has 0 radical (unpaired) electrons. The molecule has 2 fully saturated rings. The number of carbonyl (C=O) groups excluding carboxylic acids is 3. The molecule has 1 atom stereocenters. The lowest BCUT2D eigenvalue weighted by Crippen LogP contribution is -2.46. The van der Waals surface area contributed by atoms with Gasteiger partial charge >= 0.3 is 5.97 Å². The third kappa shape index (κ3) is 2.46. The molecule has 2 saturated heterocycles.